The molecule has 0 saturated heterocycles. The zero-order valence-corrected chi connectivity index (χ0v) is 27.8. The number of rotatable bonds is 6. The molecule has 0 saturated carbocycles. The van der Waals surface area contributed by atoms with Crippen LogP contribution in [0.4, 0.5) is 31.8 Å². The Balaban J connectivity index is 1.57. The normalized spacial score (nSPS) is 12.8. The molecule has 3 aromatic rings. The molecule has 0 spiro atoms. The number of imide groups is 1. The van der Waals surface area contributed by atoms with Gasteiger partial charge in [0, 0.05) is 36.6 Å². The van der Waals surface area contributed by atoms with Crippen LogP contribution in [0.15, 0.2) is 42.7 Å². The van der Waals surface area contributed by atoms with Gasteiger partial charge in [-0.25, -0.2) is 29.3 Å². The highest BCUT2D eigenvalue weighted by atomic mass is 16.6. The fraction of sp³-hybridized carbons (Fsp3) is 0.455. The molecule has 246 valence electrons. The second-order valence-corrected chi connectivity index (χ2v) is 13.6. The number of hydrogen-bond acceptors (Lipinski definition) is 11. The summed E-state index contributed by atoms with van der Waals surface area (Å²) in [6.07, 6.45) is 1.19. The number of amides is 3. The van der Waals surface area contributed by atoms with Crippen molar-refractivity contribution in [3.63, 3.8) is 0 Å². The fourth-order valence-corrected chi connectivity index (χ4v) is 4.35. The molecule has 3 amide bonds. The lowest BCUT2D eigenvalue weighted by molar-refractivity contribution is 0.0426. The van der Waals surface area contributed by atoms with Crippen molar-refractivity contribution in [3.8, 4) is 17.0 Å². The topological polar surface area (TPSA) is 154 Å². The predicted molar refractivity (Wildman–Crippen MR) is 173 cm³/mol. The zero-order valence-electron chi connectivity index (χ0n) is 27.8. The maximum atomic E-state index is 13.1. The van der Waals surface area contributed by atoms with Gasteiger partial charge in [0.05, 0.1) is 17.9 Å². The van der Waals surface area contributed by atoms with Crippen molar-refractivity contribution in [1.82, 2.24) is 15.0 Å². The third kappa shape index (κ3) is 9.29. The summed E-state index contributed by atoms with van der Waals surface area (Å²) in [6.45, 7) is 16.4. The minimum atomic E-state index is -0.969. The van der Waals surface area contributed by atoms with Gasteiger partial charge < -0.3 is 24.3 Å². The Morgan fingerprint density at radius 3 is 2.17 bits per heavy atom. The van der Waals surface area contributed by atoms with Crippen molar-refractivity contribution < 1.29 is 33.3 Å². The van der Waals surface area contributed by atoms with E-state index >= 15 is 0 Å². The van der Waals surface area contributed by atoms with Gasteiger partial charge in [-0.2, -0.15) is 0 Å². The van der Waals surface area contributed by atoms with E-state index in [0.717, 1.165) is 11.1 Å². The lowest BCUT2D eigenvalue weighted by Gasteiger charge is -2.27. The zero-order chi connectivity index (χ0) is 33.9. The van der Waals surface area contributed by atoms with E-state index in [2.05, 4.69) is 25.6 Å². The van der Waals surface area contributed by atoms with E-state index in [1.807, 2.05) is 18.2 Å². The summed E-state index contributed by atoms with van der Waals surface area (Å²) in [7, 11) is 0. The molecule has 2 aromatic heterocycles. The molecule has 0 fully saturated rings. The van der Waals surface area contributed by atoms with E-state index in [0.29, 0.717) is 53.0 Å². The van der Waals surface area contributed by atoms with Crippen LogP contribution in [-0.4, -0.2) is 56.6 Å². The van der Waals surface area contributed by atoms with Crippen molar-refractivity contribution >= 4 is 35.7 Å². The molecule has 2 N–H and O–H groups in total. The summed E-state index contributed by atoms with van der Waals surface area (Å²) in [5, 5.41) is 6.12. The number of nitrogens with one attached hydrogen (secondary N) is 2. The van der Waals surface area contributed by atoms with Gasteiger partial charge in [0.15, 0.2) is 0 Å². The molecule has 1 aromatic carbocycles. The van der Waals surface area contributed by atoms with E-state index in [1.54, 1.807) is 80.6 Å². The second kappa shape index (κ2) is 13.2. The molecule has 13 nitrogen and oxygen atoms in total. The summed E-state index contributed by atoms with van der Waals surface area (Å²) in [6, 6.07) is 9.06. The van der Waals surface area contributed by atoms with Gasteiger partial charge in [0.25, 0.3) is 0 Å². The van der Waals surface area contributed by atoms with Crippen molar-refractivity contribution in [1.29, 1.82) is 0 Å². The summed E-state index contributed by atoms with van der Waals surface area (Å²) in [4.78, 5) is 52.5. The fourth-order valence-electron chi connectivity index (χ4n) is 4.35. The third-order valence-corrected chi connectivity index (χ3v) is 6.03. The van der Waals surface area contributed by atoms with Crippen LogP contribution in [0.5, 0.6) is 5.75 Å². The van der Waals surface area contributed by atoms with Crippen LogP contribution in [-0.2, 0) is 27.2 Å². The molecular formula is C33H42N6O7. The standard InChI is InChI=1S/C33H42N6O7/c1-31(2,3)44-28(40)37-21-12-10-11-20(17-21)18-35-26-22-14-16-43-25(22)23(19-36-26)24-13-15-34-27(38-24)39(29(41)45-32(4,5)6)30(42)46-33(7,8)9/h10-13,15,17,19H,14,16,18H2,1-9H3,(H,35,36)(H,37,40). The first-order valence-corrected chi connectivity index (χ1v) is 15.0. The largest absolute Gasteiger partial charge is 0.492 e. The number of hydrogen-bond donors (Lipinski definition) is 2. The highest BCUT2D eigenvalue weighted by molar-refractivity contribution is 6.08. The van der Waals surface area contributed by atoms with Crippen LogP contribution in [0, 0.1) is 0 Å². The molecule has 1 aliphatic rings. The van der Waals surface area contributed by atoms with E-state index in [-0.39, 0.29) is 5.95 Å². The summed E-state index contributed by atoms with van der Waals surface area (Å²) < 4.78 is 22.3. The highest BCUT2D eigenvalue weighted by Crippen LogP contribution is 2.39. The van der Waals surface area contributed by atoms with Crippen molar-refractivity contribution in [2.75, 3.05) is 22.1 Å². The Hall–Kier alpha value is -4.94. The molecule has 46 heavy (non-hydrogen) atoms. The average Bonchev–Trinajstić information content (AvgIpc) is 3.39. The van der Waals surface area contributed by atoms with Crippen LogP contribution in [0.3, 0.4) is 0 Å². The van der Waals surface area contributed by atoms with Crippen LogP contribution in [0.25, 0.3) is 11.3 Å². The van der Waals surface area contributed by atoms with Crippen LogP contribution >= 0.6 is 0 Å². The van der Waals surface area contributed by atoms with Crippen LogP contribution in [0.2, 0.25) is 0 Å². The maximum Gasteiger partial charge on any atom is 0.427 e. The quantitative estimate of drug-likeness (QED) is 0.267. The van der Waals surface area contributed by atoms with Crippen molar-refractivity contribution in [3.05, 3.63) is 53.9 Å². The first-order chi connectivity index (χ1) is 21.4. The highest BCUT2D eigenvalue weighted by Gasteiger charge is 2.35. The molecule has 0 radical (unpaired) electrons. The Morgan fingerprint density at radius 2 is 1.54 bits per heavy atom. The lowest BCUT2D eigenvalue weighted by atomic mass is 10.1. The van der Waals surface area contributed by atoms with Crippen molar-refractivity contribution in [2.45, 2.75) is 92.1 Å². The number of pyridine rings is 1. The van der Waals surface area contributed by atoms with Crippen molar-refractivity contribution in [2.24, 2.45) is 0 Å². The van der Waals surface area contributed by atoms with Crippen LogP contribution in [0.1, 0.15) is 73.4 Å². The SMILES string of the molecule is CC(C)(C)OC(=O)Nc1cccc(CNc2ncc(-c3ccnc(N(C(=O)OC(C)(C)C)C(=O)OC(C)(C)C)n3)c3c2CCO3)c1. The number of fused-ring (bicyclic) bond motifs is 1. The average molecular weight is 635 g/mol. The van der Waals surface area contributed by atoms with Gasteiger partial charge in [-0.3, -0.25) is 5.32 Å². The minimum Gasteiger partial charge on any atom is -0.492 e. The number of benzene rings is 1. The summed E-state index contributed by atoms with van der Waals surface area (Å²) in [5.74, 6) is 1.01. The first-order valence-electron chi connectivity index (χ1n) is 15.0. The molecule has 3 heterocycles. The van der Waals surface area contributed by atoms with E-state index in [9.17, 15) is 14.4 Å². The number of aromatic nitrogens is 3. The Labute approximate surface area is 269 Å². The summed E-state index contributed by atoms with van der Waals surface area (Å²) >= 11 is 0. The van der Waals surface area contributed by atoms with E-state index in [4.69, 9.17) is 18.9 Å². The van der Waals surface area contributed by atoms with Crippen LogP contribution < -0.4 is 20.3 Å². The molecule has 0 atom stereocenters. The summed E-state index contributed by atoms with van der Waals surface area (Å²) in [5.41, 5.74) is 0.967. The second-order valence-electron chi connectivity index (χ2n) is 13.6. The number of carbonyl (C=O) groups excluding carboxylic acids is 3. The Kier molecular flexibility index (Phi) is 9.74. The van der Waals surface area contributed by atoms with Gasteiger partial charge in [-0.1, -0.05) is 12.1 Å². The lowest BCUT2D eigenvalue weighted by Crippen LogP contribution is -2.44. The van der Waals surface area contributed by atoms with Gasteiger partial charge >= 0.3 is 18.3 Å². The van der Waals surface area contributed by atoms with Gasteiger partial charge in [-0.15, -0.1) is 4.90 Å². The molecule has 13 heteroatoms. The number of nitrogens with zero attached hydrogens (tertiary/aromatic N) is 4. The number of carbonyl (C=O) groups is 3. The Morgan fingerprint density at radius 1 is 0.891 bits per heavy atom. The number of anilines is 3. The molecule has 0 aliphatic carbocycles. The van der Waals surface area contributed by atoms with Gasteiger partial charge in [-0.05, 0) is 86.1 Å². The monoisotopic (exact) mass is 634 g/mol. The molecule has 0 bridgehead atoms. The molecule has 1 aliphatic heterocycles. The third-order valence-electron chi connectivity index (χ3n) is 6.03. The maximum absolute atomic E-state index is 13.1. The Bertz CT molecular complexity index is 1580. The minimum absolute atomic E-state index is 0.213. The molecular weight excluding hydrogens is 592 g/mol. The smallest absolute Gasteiger partial charge is 0.427 e. The first kappa shape index (κ1) is 33.9. The van der Waals surface area contributed by atoms with E-state index < -0.39 is 35.1 Å². The van der Waals surface area contributed by atoms with Gasteiger partial charge in [0.2, 0.25) is 5.95 Å². The molecule has 4 rings (SSSR count). The van der Waals surface area contributed by atoms with Gasteiger partial charge in [0.1, 0.15) is 28.4 Å². The number of ether oxygens (including phenoxy) is 4. The predicted octanol–water partition coefficient (Wildman–Crippen LogP) is 7.11. The van der Waals surface area contributed by atoms with E-state index in [1.165, 1.54) is 6.20 Å². The molecule has 0 unspecified atom stereocenters.